The Balaban J connectivity index is 1.46. The second-order valence-corrected chi connectivity index (χ2v) is 9.37. The highest BCUT2D eigenvalue weighted by Crippen LogP contribution is 2.27. The summed E-state index contributed by atoms with van der Waals surface area (Å²) in [6.07, 6.45) is -0.626. The van der Waals surface area contributed by atoms with Crippen LogP contribution in [0.1, 0.15) is 34.6 Å². The van der Waals surface area contributed by atoms with Crippen LogP contribution in [0.15, 0.2) is 49.1 Å². The first kappa shape index (κ1) is 30.1. The summed E-state index contributed by atoms with van der Waals surface area (Å²) >= 11 is 0. The molecule has 0 saturated heterocycles. The van der Waals surface area contributed by atoms with Gasteiger partial charge < -0.3 is 31.0 Å². The van der Waals surface area contributed by atoms with Gasteiger partial charge in [-0.15, -0.1) is 0 Å². The van der Waals surface area contributed by atoms with Crippen LogP contribution >= 0.6 is 0 Å². The third-order valence-electron chi connectivity index (χ3n) is 6.23. The number of aromatic nitrogens is 4. The lowest BCUT2D eigenvalue weighted by Crippen LogP contribution is -2.53. The predicted molar refractivity (Wildman–Crippen MR) is 140 cm³/mol. The molecule has 1 aromatic carbocycles. The molecule has 4 rings (SSSR count). The van der Waals surface area contributed by atoms with E-state index in [2.05, 4.69) is 36.3 Å². The van der Waals surface area contributed by atoms with Gasteiger partial charge in [-0.05, 0) is 24.6 Å². The van der Waals surface area contributed by atoms with E-state index in [0.29, 0.717) is 5.69 Å². The molecule has 16 heteroatoms. The molecule has 1 aliphatic heterocycles. The lowest BCUT2D eigenvalue weighted by molar-refractivity contribution is -0.141. The van der Waals surface area contributed by atoms with Gasteiger partial charge in [-0.2, -0.15) is 18.3 Å². The predicted octanol–water partition coefficient (Wildman–Crippen LogP) is 0.556. The first-order valence-electron chi connectivity index (χ1n) is 13.1. The van der Waals surface area contributed by atoms with Gasteiger partial charge in [0, 0.05) is 37.6 Å². The fourth-order valence-corrected chi connectivity index (χ4v) is 4.16. The average molecular weight is 591 g/mol. The maximum absolute atomic E-state index is 13.1. The molecule has 224 valence electrons. The third kappa shape index (κ3) is 8.31. The number of H-pyrrole nitrogens is 1. The molecule has 42 heavy (non-hydrogen) atoms. The fraction of sp³-hybridized carbons (Fsp3) is 0.385. The number of hydrogen-bond acceptors (Lipinski definition) is 7. The molecule has 0 unspecified atom stereocenters. The van der Waals surface area contributed by atoms with Crippen LogP contribution in [0.4, 0.5) is 13.2 Å². The SMILES string of the molecule is O=C1C[C@@H](C(=O)NCCCn2ccc(C(F)(F)F)n2)NC(=O)c2ccccc2OCCNC(=O)[C@H](Cc2cnc[nH]2)N1. The molecule has 0 spiro atoms. The smallest absolute Gasteiger partial charge is 0.435 e. The lowest BCUT2D eigenvalue weighted by atomic mass is 10.1. The maximum atomic E-state index is 13.1. The minimum absolute atomic E-state index is 0.0264. The molecule has 1 aliphatic rings. The van der Waals surface area contributed by atoms with Crippen LogP contribution in [0.2, 0.25) is 0 Å². The van der Waals surface area contributed by atoms with E-state index in [0.717, 1.165) is 10.7 Å². The Labute approximate surface area is 237 Å². The van der Waals surface area contributed by atoms with Gasteiger partial charge in [0.25, 0.3) is 5.91 Å². The van der Waals surface area contributed by atoms with Crippen LogP contribution < -0.4 is 26.0 Å². The standard InChI is InChI=1S/C26H29F3N8O5/c27-26(28,29)21-6-10-37(36-21)9-3-7-31-25(41)19-13-22(38)34-18(12-16-14-30-15-33-16)24(40)32-8-11-42-20-5-2-1-4-17(20)23(39)35-19/h1-2,4-6,10,14-15,18-19H,3,7-9,11-13H2,(H,30,33)(H,31,41)(H,32,40)(H,34,38)(H,35,39)/t18-,19-/m0/s1. The molecule has 0 radical (unpaired) electrons. The van der Waals surface area contributed by atoms with Crippen LogP contribution in [-0.4, -0.2) is 75.2 Å². The van der Waals surface area contributed by atoms with Crippen molar-refractivity contribution in [2.24, 2.45) is 0 Å². The number of carbonyl (C=O) groups excluding carboxylic acids is 4. The molecule has 13 nitrogen and oxygen atoms in total. The zero-order valence-corrected chi connectivity index (χ0v) is 22.2. The number of ether oxygens (including phenoxy) is 1. The Hall–Kier alpha value is -4.89. The monoisotopic (exact) mass is 590 g/mol. The Kier molecular flexibility index (Phi) is 9.77. The molecule has 3 aromatic rings. The number of carbonyl (C=O) groups is 4. The number of benzene rings is 1. The lowest BCUT2D eigenvalue weighted by Gasteiger charge is -2.23. The molecule has 3 heterocycles. The molecule has 0 saturated carbocycles. The summed E-state index contributed by atoms with van der Waals surface area (Å²) in [5, 5.41) is 13.9. The summed E-state index contributed by atoms with van der Waals surface area (Å²) in [5.74, 6) is -2.30. The van der Waals surface area contributed by atoms with Gasteiger partial charge in [0.05, 0.1) is 24.9 Å². The van der Waals surface area contributed by atoms with E-state index in [1.807, 2.05) is 0 Å². The maximum Gasteiger partial charge on any atom is 0.435 e. The Bertz CT molecular complexity index is 1390. The van der Waals surface area contributed by atoms with Crippen molar-refractivity contribution < 1.29 is 37.1 Å². The van der Waals surface area contributed by atoms with Crippen molar-refractivity contribution >= 4 is 23.6 Å². The molecule has 2 atom stereocenters. The zero-order valence-electron chi connectivity index (χ0n) is 22.2. The molecule has 5 N–H and O–H groups in total. The van der Waals surface area contributed by atoms with E-state index in [9.17, 15) is 32.3 Å². The van der Waals surface area contributed by atoms with Crippen LogP contribution in [-0.2, 0) is 33.5 Å². The van der Waals surface area contributed by atoms with Crippen molar-refractivity contribution in [1.82, 2.24) is 41.0 Å². The van der Waals surface area contributed by atoms with Crippen LogP contribution in [0.25, 0.3) is 0 Å². The van der Waals surface area contributed by atoms with E-state index in [4.69, 9.17) is 4.74 Å². The molecule has 0 aliphatic carbocycles. The third-order valence-corrected chi connectivity index (χ3v) is 6.23. The van der Waals surface area contributed by atoms with Crippen LogP contribution in [0, 0.1) is 0 Å². The van der Waals surface area contributed by atoms with Crippen LogP contribution in [0.3, 0.4) is 0 Å². The molecule has 0 bridgehead atoms. The van der Waals surface area contributed by atoms with Gasteiger partial charge in [-0.1, -0.05) is 12.1 Å². The fourth-order valence-electron chi connectivity index (χ4n) is 4.16. The van der Waals surface area contributed by atoms with E-state index >= 15 is 0 Å². The highest BCUT2D eigenvalue weighted by Gasteiger charge is 2.33. The van der Waals surface area contributed by atoms with Crippen molar-refractivity contribution in [3.8, 4) is 5.75 Å². The number of nitrogens with zero attached hydrogens (tertiary/aromatic N) is 3. The molecular weight excluding hydrogens is 561 g/mol. The van der Waals surface area contributed by atoms with Gasteiger partial charge in [0.15, 0.2) is 5.69 Å². The molecular formula is C26H29F3N8O5. The molecule has 2 aromatic heterocycles. The topological polar surface area (TPSA) is 172 Å². The van der Waals surface area contributed by atoms with Crippen molar-refractivity contribution in [1.29, 1.82) is 0 Å². The van der Waals surface area contributed by atoms with Gasteiger partial charge >= 0.3 is 6.18 Å². The van der Waals surface area contributed by atoms with E-state index in [-0.39, 0.29) is 50.4 Å². The highest BCUT2D eigenvalue weighted by atomic mass is 19.4. The van der Waals surface area contributed by atoms with Crippen molar-refractivity contribution in [3.63, 3.8) is 0 Å². The van der Waals surface area contributed by atoms with Crippen molar-refractivity contribution in [3.05, 3.63) is 66.0 Å². The average Bonchev–Trinajstić information content (AvgIpc) is 3.65. The summed E-state index contributed by atoms with van der Waals surface area (Å²) < 4.78 is 45.1. The summed E-state index contributed by atoms with van der Waals surface area (Å²) in [4.78, 5) is 58.9. The number of fused-ring (bicyclic) bond motifs is 1. The number of imidazole rings is 1. The van der Waals surface area contributed by atoms with Crippen molar-refractivity contribution in [2.75, 3.05) is 19.7 Å². The number of alkyl halides is 3. The minimum atomic E-state index is -4.56. The Morgan fingerprint density at radius 3 is 2.69 bits per heavy atom. The minimum Gasteiger partial charge on any atom is -0.491 e. The second-order valence-electron chi connectivity index (χ2n) is 9.37. The summed E-state index contributed by atoms with van der Waals surface area (Å²) in [6, 6.07) is 4.81. The van der Waals surface area contributed by atoms with Crippen molar-refractivity contribution in [2.45, 2.75) is 44.1 Å². The van der Waals surface area contributed by atoms with Gasteiger partial charge in [-0.25, -0.2) is 4.98 Å². The summed E-state index contributed by atoms with van der Waals surface area (Å²) in [7, 11) is 0. The van der Waals surface area contributed by atoms with E-state index in [1.54, 1.807) is 18.2 Å². The highest BCUT2D eigenvalue weighted by molar-refractivity contribution is 6.01. The van der Waals surface area contributed by atoms with Gasteiger partial charge in [-0.3, -0.25) is 23.9 Å². The van der Waals surface area contributed by atoms with Gasteiger partial charge in [0.2, 0.25) is 17.7 Å². The summed E-state index contributed by atoms with van der Waals surface area (Å²) in [5.41, 5.74) is -0.317. The van der Waals surface area contributed by atoms with Crippen LogP contribution in [0.5, 0.6) is 5.75 Å². The number of nitrogens with one attached hydrogen (secondary N) is 5. The molecule has 0 fully saturated rings. The quantitative estimate of drug-likeness (QED) is 0.250. The van der Waals surface area contributed by atoms with Gasteiger partial charge in [0.1, 0.15) is 24.4 Å². The number of hydrogen-bond donors (Lipinski definition) is 5. The first-order valence-corrected chi connectivity index (χ1v) is 13.1. The number of aryl methyl sites for hydroxylation is 1. The number of para-hydroxylation sites is 1. The number of aromatic amines is 1. The second kappa shape index (κ2) is 13.6. The number of amides is 4. The molecule has 4 amide bonds. The number of rotatable bonds is 7. The normalized spacial score (nSPS) is 18.5. The summed E-state index contributed by atoms with van der Waals surface area (Å²) in [6.45, 7) is 0.248. The van der Waals surface area contributed by atoms with E-state index in [1.165, 1.54) is 24.8 Å². The zero-order chi connectivity index (χ0) is 30.1. The first-order chi connectivity index (χ1) is 20.1. The Morgan fingerprint density at radius 2 is 1.95 bits per heavy atom. The largest absolute Gasteiger partial charge is 0.491 e. The van der Waals surface area contributed by atoms with E-state index < -0.39 is 54.0 Å². The Morgan fingerprint density at radius 1 is 1.14 bits per heavy atom. The number of halogens is 3.